The number of hydrogen-bond donors (Lipinski definition) is 2. The summed E-state index contributed by atoms with van der Waals surface area (Å²) < 4.78 is 13.8. The van der Waals surface area contributed by atoms with Crippen molar-refractivity contribution in [3.8, 4) is 0 Å². The molecule has 0 radical (unpaired) electrons. The maximum Gasteiger partial charge on any atom is 0.225 e. The Labute approximate surface area is 151 Å². The topological polar surface area (TPSA) is 54.0 Å². The Kier molecular flexibility index (Phi) is 5.35. The third kappa shape index (κ3) is 3.83. The summed E-state index contributed by atoms with van der Waals surface area (Å²) in [5, 5.41) is 6.85. The van der Waals surface area contributed by atoms with Gasteiger partial charge in [-0.15, -0.1) is 0 Å². The number of amides is 1. The van der Waals surface area contributed by atoms with E-state index in [1.807, 2.05) is 19.1 Å². The number of aromatic nitrogens is 1. The summed E-state index contributed by atoms with van der Waals surface area (Å²) in [7, 11) is 0. The number of nitrogens with one attached hydrogen (secondary N) is 2. The van der Waals surface area contributed by atoms with Crippen LogP contribution in [0.25, 0.3) is 0 Å². The van der Waals surface area contributed by atoms with Crippen LogP contribution in [-0.4, -0.2) is 24.0 Å². The minimum Gasteiger partial charge on any atom is -0.349 e. The van der Waals surface area contributed by atoms with Gasteiger partial charge in [-0.05, 0) is 43.2 Å². The van der Waals surface area contributed by atoms with Crippen molar-refractivity contribution in [2.45, 2.75) is 25.8 Å². The first kappa shape index (κ1) is 17.8. The molecule has 1 aromatic heterocycles. The van der Waals surface area contributed by atoms with Gasteiger partial charge in [-0.2, -0.15) is 0 Å². The molecule has 1 fully saturated rings. The van der Waals surface area contributed by atoms with Crippen molar-refractivity contribution in [1.29, 1.82) is 0 Å². The van der Waals surface area contributed by atoms with E-state index in [2.05, 4.69) is 15.6 Å². The van der Waals surface area contributed by atoms with Crippen molar-refractivity contribution in [3.63, 3.8) is 0 Å². The zero-order chi connectivity index (χ0) is 18.0. The van der Waals surface area contributed by atoms with Gasteiger partial charge in [0.2, 0.25) is 5.91 Å². The normalized spacial score (nSPS) is 21.1. The zero-order valence-corrected chi connectivity index (χ0v) is 15.0. The van der Waals surface area contributed by atoms with Crippen LogP contribution in [0, 0.1) is 18.7 Å². The second-order valence-corrected chi connectivity index (χ2v) is 6.89. The Hall–Kier alpha value is -1.98. The molecule has 3 rings (SSSR count). The number of carbonyl (C=O) groups excluding carboxylic acids is 1. The predicted molar refractivity (Wildman–Crippen MR) is 96.0 cm³/mol. The number of nitrogens with zero attached hydrogens (tertiary/aromatic N) is 1. The van der Waals surface area contributed by atoms with E-state index < -0.39 is 0 Å². The first-order valence-corrected chi connectivity index (χ1v) is 8.72. The van der Waals surface area contributed by atoms with Crippen LogP contribution in [0.5, 0.6) is 0 Å². The smallest absolute Gasteiger partial charge is 0.225 e. The number of benzene rings is 1. The molecule has 0 saturated carbocycles. The van der Waals surface area contributed by atoms with E-state index in [0.29, 0.717) is 23.7 Å². The molecule has 1 saturated heterocycles. The van der Waals surface area contributed by atoms with Gasteiger partial charge >= 0.3 is 0 Å². The summed E-state index contributed by atoms with van der Waals surface area (Å²) in [4.78, 5) is 17.1. The number of rotatable bonds is 4. The third-order valence-corrected chi connectivity index (χ3v) is 5.04. The van der Waals surface area contributed by atoms with Crippen molar-refractivity contribution in [1.82, 2.24) is 15.6 Å². The summed E-state index contributed by atoms with van der Waals surface area (Å²) in [6.07, 6.45) is 1.60. The molecule has 2 aromatic rings. The lowest BCUT2D eigenvalue weighted by Gasteiger charge is -2.22. The lowest BCUT2D eigenvalue weighted by molar-refractivity contribution is -0.125. The van der Waals surface area contributed by atoms with Crippen LogP contribution in [0.4, 0.5) is 4.39 Å². The number of carbonyl (C=O) groups is 1. The zero-order valence-electron chi connectivity index (χ0n) is 14.2. The minimum atomic E-state index is -0.261. The SMILES string of the molecule is Cc1c(F)cccc1C(C)NC(=O)C1CNCC1c1ccc(Cl)cn1. The number of hydrogen-bond acceptors (Lipinski definition) is 3. The molecule has 0 bridgehead atoms. The van der Waals surface area contributed by atoms with Gasteiger partial charge in [0.25, 0.3) is 0 Å². The van der Waals surface area contributed by atoms with E-state index in [9.17, 15) is 9.18 Å². The van der Waals surface area contributed by atoms with Crippen molar-refractivity contribution < 1.29 is 9.18 Å². The van der Waals surface area contributed by atoms with Crippen LogP contribution in [-0.2, 0) is 4.79 Å². The molecule has 6 heteroatoms. The highest BCUT2D eigenvalue weighted by Crippen LogP contribution is 2.28. The van der Waals surface area contributed by atoms with Crippen LogP contribution >= 0.6 is 11.6 Å². The third-order valence-electron chi connectivity index (χ3n) is 4.82. The van der Waals surface area contributed by atoms with Crippen LogP contribution in [0.15, 0.2) is 36.5 Å². The highest BCUT2D eigenvalue weighted by Gasteiger charge is 2.35. The van der Waals surface area contributed by atoms with Crippen LogP contribution in [0.3, 0.4) is 0 Å². The van der Waals surface area contributed by atoms with Crippen LogP contribution in [0.2, 0.25) is 5.02 Å². The van der Waals surface area contributed by atoms with Gasteiger partial charge in [0.05, 0.1) is 17.0 Å². The van der Waals surface area contributed by atoms with Crippen molar-refractivity contribution in [3.05, 3.63) is 64.2 Å². The number of halogens is 2. The Morgan fingerprint density at radius 3 is 2.88 bits per heavy atom. The fraction of sp³-hybridized carbons (Fsp3) is 0.368. The molecular formula is C19H21ClFN3O. The van der Waals surface area contributed by atoms with Crippen LogP contribution in [0.1, 0.15) is 35.7 Å². The molecule has 0 spiro atoms. The molecule has 4 nitrogen and oxygen atoms in total. The van der Waals surface area contributed by atoms with E-state index in [4.69, 9.17) is 11.6 Å². The monoisotopic (exact) mass is 361 g/mol. The first-order chi connectivity index (χ1) is 12.0. The first-order valence-electron chi connectivity index (χ1n) is 8.35. The van der Waals surface area contributed by atoms with E-state index in [0.717, 1.165) is 11.3 Å². The molecule has 0 aliphatic carbocycles. The quantitative estimate of drug-likeness (QED) is 0.878. The Balaban J connectivity index is 1.73. The molecular weight excluding hydrogens is 341 g/mol. The molecule has 132 valence electrons. The molecule has 1 aliphatic rings. The average Bonchev–Trinajstić information content (AvgIpc) is 3.07. The van der Waals surface area contributed by atoms with Gasteiger partial charge < -0.3 is 10.6 Å². The summed E-state index contributed by atoms with van der Waals surface area (Å²) in [6.45, 7) is 4.89. The van der Waals surface area contributed by atoms with E-state index in [-0.39, 0.29) is 29.6 Å². The Bertz CT molecular complexity index is 766. The Morgan fingerprint density at radius 2 is 2.16 bits per heavy atom. The fourth-order valence-corrected chi connectivity index (χ4v) is 3.47. The van der Waals surface area contributed by atoms with Crippen LogP contribution < -0.4 is 10.6 Å². The van der Waals surface area contributed by atoms with Gasteiger partial charge in [0, 0.05) is 30.9 Å². The van der Waals surface area contributed by atoms with Gasteiger partial charge in [0.15, 0.2) is 0 Å². The Morgan fingerprint density at radius 1 is 1.36 bits per heavy atom. The largest absolute Gasteiger partial charge is 0.349 e. The van der Waals surface area contributed by atoms with E-state index in [1.165, 1.54) is 6.07 Å². The van der Waals surface area contributed by atoms with Gasteiger partial charge in [-0.3, -0.25) is 9.78 Å². The number of pyridine rings is 1. The van der Waals surface area contributed by atoms with Crippen molar-refractivity contribution >= 4 is 17.5 Å². The van der Waals surface area contributed by atoms with Gasteiger partial charge in [-0.1, -0.05) is 23.7 Å². The van der Waals surface area contributed by atoms with Gasteiger partial charge in [0.1, 0.15) is 5.82 Å². The standard InChI is InChI=1S/C19H21ClFN3O/c1-11-14(4-3-5-17(11)21)12(2)24-19(25)16-10-22-9-15(16)18-7-6-13(20)8-23-18/h3-8,12,15-16,22H,9-10H2,1-2H3,(H,24,25). The van der Waals surface area contributed by atoms with Crippen molar-refractivity contribution in [2.75, 3.05) is 13.1 Å². The summed E-state index contributed by atoms with van der Waals surface area (Å²) >= 11 is 5.89. The maximum atomic E-state index is 13.8. The second kappa shape index (κ2) is 7.50. The average molecular weight is 362 g/mol. The van der Waals surface area contributed by atoms with E-state index in [1.54, 1.807) is 25.3 Å². The molecule has 1 amide bonds. The fourth-order valence-electron chi connectivity index (χ4n) is 3.36. The molecule has 1 aliphatic heterocycles. The summed E-state index contributed by atoms with van der Waals surface area (Å²) in [6, 6.07) is 8.32. The summed E-state index contributed by atoms with van der Waals surface area (Å²) in [5.41, 5.74) is 2.21. The van der Waals surface area contributed by atoms with Crippen molar-refractivity contribution in [2.24, 2.45) is 5.92 Å². The highest BCUT2D eigenvalue weighted by molar-refractivity contribution is 6.30. The summed E-state index contributed by atoms with van der Waals surface area (Å²) in [5.74, 6) is -0.532. The predicted octanol–water partition coefficient (Wildman–Crippen LogP) is 3.36. The molecule has 1 aromatic carbocycles. The molecule has 25 heavy (non-hydrogen) atoms. The molecule has 2 heterocycles. The molecule has 3 atom stereocenters. The minimum absolute atomic E-state index is 0.00178. The van der Waals surface area contributed by atoms with Gasteiger partial charge in [-0.25, -0.2) is 4.39 Å². The lowest BCUT2D eigenvalue weighted by atomic mass is 9.91. The highest BCUT2D eigenvalue weighted by atomic mass is 35.5. The maximum absolute atomic E-state index is 13.8. The molecule has 3 unspecified atom stereocenters. The lowest BCUT2D eigenvalue weighted by Crippen LogP contribution is -2.36. The molecule has 2 N–H and O–H groups in total. The second-order valence-electron chi connectivity index (χ2n) is 6.46. The van der Waals surface area contributed by atoms with E-state index >= 15 is 0 Å².